The van der Waals surface area contributed by atoms with Crippen molar-refractivity contribution in [3.8, 4) is 0 Å². The van der Waals surface area contributed by atoms with E-state index in [2.05, 4.69) is 6.07 Å². The molecule has 4 nitrogen and oxygen atoms in total. The van der Waals surface area contributed by atoms with Gasteiger partial charge < -0.3 is 10.5 Å². The van der Waals surface area contributed by atoms with E-state index >= 15 is 0 Å². The second kappa shape index (κ2) is 5.67. The SMILES string of the molecule is CC(C)(C)OC(=O)N1CCc2cccc(/C=C/CN)c21. The lowest BCUT2D eigenvalue weighted by Gasteiger charge is -2.25. The van der Waals surface area contributed by atoms with Crippen LogP contribution < -0.4 is 10.6 Å². The first kappa shape index (κ1) is 14.6. The summed E-state index contributed by atoms with van der Waals surface area (Å²) in [6, 6.07) is 6.06. The number of para-hydroxylation sites is 1. The number of amides is 1. The molecule has 1 aliphatic rings. The zero-order valence-electron chi connectivity index (χ0n) is 12.3. The predicted octanol–water partition coefficient (Wildman–Crippen LogP) is 2.96. The summed E-state index contributed by atoms with van der Waals surface area (Å²) < 4.78 is 5.48. The van der Waals surface area contributed by atoms with Gasteiger partial charge in [-0.3, -0.25) is 4.90 Å². The van der Waals surface area contributed by atoms with E-state index in [0.29, 0.717) is 13.1 Å². The minimum Gasteiger partial charge on any atom is -0.443 e. The summed E-state index contributed by atoms with van der Waals surface area (Å²) in [7, 11) is 0. The zero-order chi connectivity index (χ0) is 14.8. The van der Waals surface area contributed by atoms with E-state index in [1.54, 1.807) is 4.90 Å². The van der Waals surface area contributed by atoms with Gasteiger partial charge in [0.15, 0.2) is 0 Å². The van der Waals surface area contributed by atoms with Crippen molar-refractivity contribution in [2.45, 2.75) is 32.8 Å². The summed E-state index contributed by atoms with van der Waals surface area (Å²) in [6.07, 6.45) is 4.42. The van der Waals surface area contributed by atoms with Crippen LogP contribution in [0.15, 0.2) is 24.3 Å². The van der Waals surface area contributed by atoms with Crippen LogP contribution in [-0.4, -0.2) is 24.8 Å². The van der Waals surface area contributed by atoms with Crippen LogP contribution in [-0.2, 0) is 11.2 Å². The second-order valence-corrected chi connectivity index (χ2v) is 5.88. The van der Waals surface area contributed by atoms with Gasteiger partial charge in [-0.1, -0.05) is 30.4 Å². The van der Waals surface area contributed by atoms with E-state index in [1.165, 1.54) is 5.56 Å². The Morgan fingerprint density at radius 3 is 2.85 bits per heavy atom. The first-order chi connectivity index (χ1) is 9.42. The first-order valence-corrected chi connectivity index (χ1v) is 6.91. The van der Waals surface area contributed by atoms with Crippen LogP contribution in [0.5, 0.6) is 0 Å². The quantitative estimate of drug-likeness (QED) is 0.902. The van der Waals surface area contributed by atoms with E-state index in [4.69, 9.17) is 10.5 Å². The van der Waals surface area contributed by atoms with Crippen molar-refractivity contribution in [3.05, 3.63) is 35.4 Å². The molecule has 0 unspecified atom stereocenters. The molecule has 0 saturated carbocycles. The second-order valence-electron chi connectivity index (χ2n) is 5.88. The third kappa shape index (κ3) is 3.20. The van der Waals surface area contributed by atoms with Gasteiger partial charge in [-0.25, -0.2) is 4.79 Å². The van der Waals surface area contributed by atoms with E-state index in [9.17, 15) is 4.79 Å². The van der Waals surface area contributed by atoms with Crippen molar-refractivity contribution in [3.63, 3.8) is 0 Å². The van der Waals surface area contributed by atoms with Crippen LogP contribution in [0.1, 0.15) is 31.9 Å². The number of hydrogen-bond donors (Lipinski definition) is 1. The molecule has 0 bridgehead atoms. The fourth-order valence-corrected chi connectivity index (χ4v) is 2.32. The number of nitrogens with zero attached hydrogens (tertiary/aromatic N) is 1. The Balaban J connectivity index is 2.31. The standard InChI is InChI=1S/C16H22N2O2/c1-16(2,3)20-15(19)18-11-9-13-7-4-6-12(14(13)18)8-5-10-17/h4-8H,9-11,17H2,1-3H3/b8-5+. The van der Waals surface area contributed by atoms with E-state index in [1.807, 2.05) is 45.1 Å². The maximum Gasteiger partial charge on any atom is 0.414 e. The molecule has 0 saturated heterocycles. The topological polar surface area (TPSA) is 55.6 Å². The molecule has 20 heavy (non-hydrogen) atoms. The molecule has 108 valence electrons. The van der Waals surface area contributed by atoms with Gasteiger partial charge in [0.05, 0.1) is 5.69 Å². The zero-order valence-corrected chi connectivity index (χ0v) is 12.3. The van der Waals surface area contributed by atoms with Gasteiger partial charge in [-0.15, -0.1) is 0 Å². The molecule has 0 aromatic heterocycles. The van der Waals surface area contributed by atoms with Crippen molar-refractivity contribution in [2.24, 2.45) is 5.73 Å². The molecule has 1 heterocycles. The monoisotopic (exact) mass is 274 g/mol. The molecular weight excluding hydrogens is 252 g/mol. The number of ether oxygens (including phenoxy) is 1. The predicted molar refractivity (Wildman–Crippen MR) is 81.8 cm³/mol. The van der Waals surface area contributed by atoms with Gasteiger partial charge in [0.25, 0.3) is 0 Å². The molecule has 1 aliphatic heterocycles. The van der Waals surface area contributed by atoms with Crippen molar-refractivity contribution in [1.29, 1.82) is 0 Å². The summed E-state index contributed by atoms with van der Waals surface area (Å²) in [4.78, 5) is 14.0. The third-order valence-corrected chi connectivity index (χ3v) is 3.07. The smallest absolute Gasteiger partial charge is 0.414 e. The highest BCUT2D eigenvalue weighted by Crippen LogP contribution is 2.33. The average molecular weight is 274 g/mol. The van der Waals surface area contributed by atoms with E-state index in [0.717, 1.165) is 17.7 Å². The van der Waals surface area contributed by atoms with Crippen LogP contribution in [0, 0.1) is 0 Å². The Kier molecular flexibility index (Phi) is 4.14. The van der Waals surface area contributed by atoms with Crippen molar-refractivity contribution in [1.82, 2.24) is 0 Å². The maximum atomic E-state index is 12.3. The number of benzene rings is 1. The number of nitrogens with two attached hydrogens (primary N) is 1. The molecule has 1 aromatic rings. The highest BCUT2D eigenvalue weighted by Gasteiger charge is 2.30. The van der Waals surface area contributed by atoms with Gasteiger partial charge in [0.1, 0.15) is 5.60 Å². The summed E-state index contributed by atoms with van der Waals surface area (Å²) in [5, 5.41) is 0. The summed E-state index contributed by atoms with van der Waals surface area (Å²) in [6.45, 7) is 6.78. The molecule has 1 amide bonds. The van der Waals surface area contributed by atoms with Crippen LogP contribution in [0.2, 0.25) is 0 Å². The molecule has 0 atom stereocenters. The van der Waals surface area contributed by atoms with Crippen LogP contribution in [0.3, 0.4) is 0 Å². The Morgan fingerprint density at radius 1 is 1.45 bits per heavy atom. The lowest BCUT2D eigenvalue weighted by Crippen LogP contribution is -2.36. The average Bonchev–Trinajstić information content (AvgIpc) is 2.78. The van der Waals surface area contributed by atoms with Crippen LogP contribution >= 0.6 is 0 Å². The Hall–Kier alpha value is -1.81. The summed E-state index contributed by atoms with van der Waals surface area (Å²) in [5.41, 5.74) is 8.16. The summed E-state index contributed by atoms with van der Waals surface area (Å²) in [5.74, 6) is 0. The minimum atomic E-state index is -0.484. The molecule has 0 aliphatic carbocycles. The number of anilines is 1. The van der Waals surface area contributed by atoms with E-state index < -0.39 is 5.60 Å². The van der Waals surface area contributed by atoms with Gasteiger partial charge in [-0.05, 0) is 38.3 Å². The molecule has 4 heteroatoms. The van der Waals surface area contributed by atoms with E-state index in [-0.39, 0.29) is 6.09 Å². The normalized spacial score (nSPS) is 14.7. The van der Waals surface area contributed by atoms with Gasteiger partial charge in [-0.2, -0.15) is 0 Å². The Labute approximate surface area is 120 Å². The van der Waals surface area contributed by atoms with Crippen molar-refractivity contribution in [2.75, 3.05) is 18.0 Å². The highest BCUT2D eigenvalue weighted by molar-refractivity contribution is 5.93. The number of carbonyl (C=O) groups is 1. The molecule has 1 aromatic carbocycles. The third-order valence-electron chi connectivity index (χ3n) is 3.07. The van der Waals surface area contributed by atoms with Crippen molar-refractivity contribution >= 4 is 17.9 Å². The lowest BCUT2D eigenvalue weighted by atomic mass is 10.1. The molecule has 0 spiro atoms. The fourth-order valence-electron chi connectivity index (χ4n) is 2.32. The molecular formula is C16H22N2O2. The minimum absolute atomic E-state index is 0.287. The lowest BCUT2D eigenvalue weighted by molar-refractivity contribution is 0.0584. The highest BCUT2D eigenvalue weighted by atomic mass is 16.6. The Bertz CT molecular complexity index is 530. The molecule has 2 rings (SSSR count). The van der Waals surface area contributed by atoms with Crippen molar-refractivity contribution < 1.29 is 9.53 Å². The molecule has 0 fully saturated rings. The number of carbonyl (C=O) groups excluding carboxylic acids is 1. The van der Waals surface area contributed by atoms with Crippen LogP contribution in [0.25, 0.3) is 6.08 Å². The maximum absolute atomic E-state index is 12.3. The number of hydrogen-bond acceptors (Lipinski definition) is 3. The van der Waals surface area contributed by atoms with Gasteiger partial charge in [0.2, 0.25) is 0 Å². The fraction of sp³-hybridized carbons (Fsp3) is 0.438. The number of fused-ring (bicyclic) bond motifs is 1. The summed E-state index contributed by atoms with van der Waals surface area (Å²) >= 11 is 0. The molecule has 2 N–H and O–H groups in total. The van der Waals surface area contributed by atoms with Crippen LogP contribution in [0.4, 0.5) is 10.5 Å². The first-order valence-electron chi connectivity index (χ1n) is 6.91. The van der Waals surface area contributed by atoms with Gasteiger partial charge >= 0.3 is 6.09 Å². The largest absolute Gasteiger partial charge is 0.443 e. The molecule has 0 radical (unpaired) electrons. The van der Waals surface area contributed by atoms with Gasteiger partial charge in [0, 0.05) is 13.1 Å². The number of rotatable bonds is 2. The Morgan fingerprint density at radius 2 is 2.20 bits per heavy atom.